The van der Waals surface area contributed by atoms with E-state index in [1.807, 2.05) is 0 Å². The molecule has 0 amide bonds. The highest BCUT2D eigenvalue weighted by Crippen LogP contribution is 2.38. The summed E-state index contributed by atoms with van der Waals surface area (Å²) in [5.74, 6) is 0.588. The molecule has 1 aromatic heterocycles. The van der Waals surface area contributed by atoms with E-state index in [-0.39, 0.29) is 11.7 Å². The second kappa shape index (κ2) is 2.75. The molecule has 0 bridgehead atoms. The predicted molar refractivity (Wildman–Crippen MR) is 43.7 cm³/mol. The van der Waals surface area contributed by atoms with E-state index in [1.165, 1.54) is 19.2 Å². The van der Waals surface area contributed by atoms with Gasteiger partial charge in [0, 0.05) is 6.54 Å². The van der Waals surface area contributed by atoms with Crippen LogP contribution in [0.3, 0.4) is 0 Å². The third kappa shape index (κ3) is 1.16. The van der Waals surface area contributed by atoms with Crippen molar-refractivity contribution >= 4 is 0 Å². The van der Waals surface area contributed by atoms with Gasteiger partial charge in [0.1, 0.15) is 6.33 Å². The highest BCUT2D eigenvalue weighted by molar-refractivity contribution is 4.87. The average molecular weight is 168 g/mol. The number of hydrogen-bond acceptors (Lipinski definition) is 3. The van der Waals surface area contributed by atoms with Crippen molar-refractivity contribution in [3.05, 3.63) is 16.8 Å². The van der Waals surface area contributed by atoms with Crippen molar-refractivity contribution in [2.24, 2.45) is 11.7 Å². The first-order valence-corrected chi connectivity index (χ1v) is 4.14. The highest BCUT2D eigenvalue weighted by Gasteiger charge is 2.32. The van der Waals surface area contributed by atoms with Crippen LogP contribution >= 0.6 is 0 Å². The molecule has 1 unspecified atom stereocenters. The Morgan fingerprint density at radius 3 is 3.00 bits per heavy atom. The lowest BCUT2D eigenvalue weighted by Crippen LogP contribution is -2.28. The van der Waals surface area contributed by atoms with Crippen molar-refractivity contribution in [1.29, 1.82) is 0 Å². The third-order valence-corrected chi connectivity index (χ3v) is 2.34. The fourth-order valence-corrected chi connectivity index (χ4v) is 1.51. The summed E-state index contributed by atoms with van der Waals surface area (Å²) in [6, 6.07) is 0.149. The molecule has 0 saturated heterocycles. The number of nitrogens with zero attached hydrogens (tertiary/aromatic N) is 2. The molecule has 1 atom stereocenters. The van der Waals surface area contributed by atoms with E-state index in [9.17, 15) is 4.79 Å². The van der Waals surface area contributed by atoms with Crippen molar-refractivity contribution in [2.75, 3.05) is 6.54 Å². The zero-order valence-electron chi connectivity index (χ0n) is 6.73. The molecule has 1 saturated carbocycles. The average Bonchev–Trinajstić information content (AvgIpc) is 2.80. The van der Waals surface area contributed by atoms with Gasteiger partial charge in [0.15, 0.2) is 0 Å². The fourth-order valence-electron chi connectivity index (χ4n) is 1.51. The van der Waals surface area contributed by atoms with E-state index in [1.54, 1.807) is 4.57 Å². The van der Waals surface area contributed by atoms with Gasteiger partial charge >= 0.3 is 5.69 Å². The molecule has 5 nitrogen and oxygen atoms in total. The zero-order valence-corrected chi connectivity index (χ0v) is 6.73. The third-order valence-electron chi connectivity index (χ3n) is 2.34. The van der Waals surface area contributed by atoms with Crippen molar-refractivity contribution in [1.82, 2.24) is 14.8 Å². The van der Waals surface area contributed by atoms with Gasteiger partial charge in [-0.2, -0.15) is 5.10 Å². The second-order valence-corrected chi connectivity index (χ2v) is 3.21. The molecular weight excluding hydrogens is 156 g/mol. The Bertz CT molecular complexity index is 311. The molecule has 1 heterocycles. The summed E-state index contributed by atoms with van der Waals surface area (Å²) in [5.41, 5.74) is 5.42. The van der Waals surface area contributed by atoms with Crippen LogP contribution in [0, 0.1) is 5.92 Å². The smallest absolute Gasteiger partial charge is 0.328 e. The molecule has 1 aliphatic carbocycles. The second-order valence-electron chi connectivity index (χ2n) is 3.21. The molecule has 1 aromatic rings. The molecule has 0 spiro atoms. The minimum Gasteiger partial charge on any atom is -0.328 e. The fraction of sp³-hybridized carbons (Fsp3) is 0.714. The van der Waals surface area contributed by atoms with E-state index >= 15 is 0 Å². The summed E-state index contributed by atoms with van der Waals surface area (Å²) in [7, 11) is 0. The molecule has 66 valence electrons. The lowest BCUT2D eigenvalue weighted by molar-refractivity contribution is 0.443. The largest absolute Gasteiger partial charge is 0.343 e. The monoisotopic (exact) mass is 168 g/mol. The van der Waals surface area contributed by atoms with Crippen LogP contribution in [0.5, 0.6) is 0 Å². The first kappa shape index (κ1) is 7.54. The lowest BCUT2D eigenvalue weighted by Gasteiger charge is -2.12. The quantitative estimate of drug-likeness (QED) is 0.637. The number of nitrogens with two attached hydrogens (primary N) is 1. The Kier molecular flexibility index (Phi) is 1.73. The number of H-pyrrole nitrogens is 1. The summed E-state index contributed by atoms with van der Waals surface area (Å²) in [4.78, 5) is 11.1. The van der Waals surface area contributed by atoms with Gasteiger partial charge in [0.25, 0.3) is 0 Å². The van der Waals surface area contributed by atoms with Gasteiger partial charge in [-0.15, -0.1) is 0 Å². The molecule has 1 aliphatic rings. The number of aromatic amines is 1. The van der Waals surface area contributed by atoms with Gasteiger partial charge in [-0.05, 0) is 18.8 Å². The SMILES string of the molecule is NCC(C1CC1)n1cn[nH]c1=O. The summed E-state index contributed by atoms with van der Waals surface area (Å²) in [5, 5.41) is 6.04. The van der Waals surface area contributed by atoms with Gasteiger partial charge in [-0.3, -0.25) is 4.57 Å². The molecule has 2 rings (SSSR count). The zero-order chi connectivity index (χ0) is 8.55. The lowest BCUT2D eigenvalue weighted by atomic mass is 10.2. The maximum Gasteiger partial charge on any atom is 0.343 e. The van der Waals surface area contributed by atoms with Crippen LogP contribution in [0.15, 0.2) is 11.1 Å². The standard InChI is InChI=1S/C7H12N4O/c8-3-6(5-1-2-5)11-4-9-10-7(11)12/h4-6H,1-3,8H2,(H,10,12). The number of nitrogens with one attached hydrogen (secondary N) is 1. The molecule has 0 aromatic carbocycles. The van der Waals surface area contributed by atoms with Gasteiger partial charge in [0.2, 0.25) is 0 Å². The summed E-state index contributed by atoms with van der Waals surface area (Å²) in [6.45, 7) is 0.518. The van der Waals surface area contributed by atoms with Crippen molar-refractivity contribution in [3.63, 3.8) is 0 Å². The van der Waals surface area contributed by atoms with Gasteiger partial charge in [-0.1, -0.05) is 0 Å². The summed E-state index contributed by atoms with van der Waals surface area (Å²) >= 11 is 0. The first-order chi connectivity index (χ1) is 5.83. The van der Waals surface area contributed by atoms with E-state index in [2.05, 4.69) is 10.2 Å². The number of rotatable bonds is 3. The van der Waals surface area contributed by atoms with Crippen molar-refractivity contribution < 1.29 is 0 Å². The molecular formula is C7H12N4O. The van der Waals surface area contributed by atoms with Crippen LogP contribution in [0.1, 0.15) is 18.9 Å². The van der Waals surface area contributed by atoms with E-state index < -0.39 is 0 Å². The molecule has 0 aliphatic heterocycles. The normalized spacial score (nSPS) is 19.4. The minimum absolute atomic E-state index is 0.149. The molecule has 0 radical (unpaired) electrons. The Hall–Kier alpha value is -1.10. The first-order valence-electron chi connectivity index (χ1n) is 4.14. The van der Waals surface area contributed by atoms with E-state index in [0.717, 1.165) is 0 Å². The van der Waals surface area contributed by atoms with E-state index in [4.69, 9.17) is 5.73 Å². The van der Waals surface area contributed by atoms with Crippen LogP contribution in [0.2, 0.25) is 0 Å². The van der Waals surface area contributed by atoms with Crippen LogP contribution in [0.4, 0.5) is 0 Å². The number of aromatic nitrogens is 3. The topological polar surface area (TPSA) is 76.7 Å². The molecule has 3 N–H and O–H groups in total. The Morgan fingerprint density at radius 1 is 1.83 bits per heavy atom. The van der Waals surface area contributed by atoms with Gasteiger partial charge < -0.3 is 5.73 Å². The Labute approximate surface area is 69.6 Å². The van der Waals surface area contributed by atoms with Crippen LogP contribution < -0.4 is 11.4 Å². The van der Waals surface area contributed by atoms with E-state index in [0.29, 0.717) is 12.5 Å². The summed E-state index contributed by atoms with van der Waals surface area (Å²) < 4.78 is 1.59. The Morgan fingerprint density at radius 2 is 2.58 bits per heavy atom. The van der Waals surface area contributed by atoms with Gasteiger partial charge in [-0.25, -0.2) is 9.89 Å². The van der Waals surface area contributed by atoms with Crippen LogP contribution in [-0.4, -0.2) is 21.3 Å². The Balaban J connectivity index is 2.26. The molecule has 5 heteroatoms. The maximum atomic E-state index is 11.1. The molecule has 1 fully saturated rings. The predicted octanol–water partition coefficient (Wildman–Crippen LogP) is -0.519. The maximum absolute atomic E-state index is 11.1. The van der Waals surface area contributed by atoms with Crippen LogP contribution in [-0.2, 0) is 0 Å². The van der Waals surface area contributed by atoms with Crippen molar-refractivity contribution in [3.8, 4) is 0 Å². The number of hydrogen-bond donors (Lipinski definition) is 2. The highest BCUT2D eigenvalue weighted by atomic mass is 16.1. The van der Waals surface area contributed by atoms with Crippen LogP contribution in [0.25, 0.3) is 0 Å². The molecule has 12 heavy (non-hydrogen) atoms. The van der Waals surface area contributed by atoms with Crippen molar-refractivity contribution in [2.45, 2.75) is 18.9 Å². The minimum atomic E-state index is -0.155. The summed E-state index contributed by atoms with van der Waals surface area (Å²) in [6.07, 6.45) is 3.89. The van der Waals surface area contributed by atoms with Gasteiger partial charge in [0.05, 0.1) is 6.04 Å².